The number of urea groups is 1. The van der Waals surface area contributed by atoms with E-state index in [9.17, 15) is 14.7 Å². The minimum atomic E-state index is -0.908. The number of rotatable bonds is 3. The summed E-state index contributed by atoms with van der Waals surface area (Å²) in [7, 11) is 0. The van der Waals surface area contributed by atoms with E-state index in [-0.39, 0.29) is 17.7 Å². The van der Waals surface area contributed by atoms with Gasteiger partial charge in [0.1, 0.15) is 6.23 Å². The molecule has 3 aliphatic rings. The van der Waals surface area contributed by atoms with Crippen molar-refractivity contribution < 1.29 is 14.7 Å². The second-order valence-electron chi connectivity index (χ2n) is 10.8. The number of nitrogens with two attached hydrogens (primary N) is 1. The van der Waals surface area contributed by atoms with Gasteiger partial charge in [-0.15, -0.1) is 0 Å². The molecular formula is C28H34BrClN4O3. The van der Waals surface area contributed by atoms with Gasteiger partial charge in [0.05, 0.1) is 5.69 Å². The number of aryl methyl sites for hydroxylation is 3. The highest BCUT2D eigenvalue weighted by Gasteiger charge is 2.37. The first-order chi connectivity index (χ1) is 17.7. The maximum atomic E-state index is 13.2. The highest BCUT2D eigenvalue weighted by molar-refractivity contribution is 9.10. The number of carbonyl (C=O) groups is 2. The average Bonchev–Trinajstić information content (AvgIpc) is 3.00. The number of aliphatic hydroxyl groups is 1. The van der Waals surface area contributed by atoms with Crippen molar-refractivity contribution in [3.05, 3.63) is 61.8 Å². The molecule has 0 saturated carbocycles. The molecule has 1 aromatic heterocycles. The van der Waals surface area contributed by atoms with Crippen molar-refractivity contribution in [2.75, 3.05) is 19.6 Å². The Balaban J connectivity index is 1.30. The molecule has 0 bridgehead atoms. The summed E-state index contributed by atoms with van der Waals surface area (Å²) >= 11 is 10.1. The van der Waals surface area contributed by atoms with Crippen LogP contribution < -0.4 is 5.73 Å². The molecular weight excluding hydrogens is 556 g/mol. The van der Waals surface area contributed by atoms with Gasteiger partial charge in [-0.25, -0.2) is 4.79 Å². The molecule has 2 aliphatic heterocycles. The number of piperidine rings is 2. The highest BCUT2D eigenvalue weighted by Crippen LogP contribution is 2.44. The van der Waals surface area contributed by atoms with Crippen LogP contribution in [0.25, 0.3) is 0 Å². The molecule has 9 heteroatoms. The molecule has 0 radical (unpaired) electrons. The highest BCUT2D eigenvalue weighted by atomic mass is 79.9. The maximum Gasteiger partial charge on any atom is 0.316 e. The number of aliphatic hydroxyl groups excluding tert-OH is 1. The summed E-state index contributed by atoms with van der Waals surface area (Å²) in [6.45, 7) is 3.98. The van der Waals surface area contributed by atoms with Crippen LogP contribution in [0.3, 0.4) is 0 Å². The first-order valence-corrected chi connectivity index (χ1v) is 14.3. The van der Waals surface area contributed by atoms with Crippen molar-refractivity contribution >= 4 is 39.5 Å². The van der Waals surface area contributed by atoms with Gasteiger partial charge >= 0.3 is 6.03 Å². The fourth-order valence-electron chi connectivity index (χ4n) is 6.63. The third-order valence-electron chi connectivity index (χ3n) is 8.47. The Morgan fingerprint density at radius 1 is 1.14 bits per heavy atom. The minimum absolute atomic E-state index is 0.0616. The van der Waals surface area contributed by atoms with Gasteiger partial charge in [-0.1, -0.05) is 11.6 Å². The lowest BCUT2D eigenvalue weighted by atomic mass is 9.75. The Kier molecular flexibility index (Phi) is 7.80. The molecule has 3 amide bonds. The van der Waals surface area contributed by atoms with Crippen LogP contribution in [0, 0.1) is 18.8 Å². The van der Waals surface area contributed by atoms with E-state index in [4.69, 9.17) is 22.3 Å². The van der Waals surface area contributed by atoms with E-state index in [0.29, 0.717) is 31.7 Å². The third kappa shape index (κ3) is 5.52. The smallest absolute Gasteiger partial charge is 0.316 e. The largest absolute Gasteiger partial charge is 0.373 e. The van der Waals surface area contributed by atoms with E-state index in [2.05, 4.69) is 41.1 Å². The molecule has 198 valence electrons. The zero-order chi connectivity index (χ0) is 26.3. The quantitative estimate of drug-likeness (QED) is 0.539. The molecule has 3 N–H and O–H groups in total. The zero-order valence-electron chi connectivity index (χ0n) is 21.1. The van der Waals surface area contributed by atoms with Gasteiger partial charge in [-0.05, 0) is 114 Å². The molecule has 2 saturated heterocycles. The summed E-state index contributed by atoms with van der Waals surface area (Å²) in [5.41, 5.74) is 11.7. The summed E-state index contributed by atoms with van der Waals surface area (Å²) in [6.07, 6.45) is 6.17. The Morgan fingerprint density at radius 2 is 1.86 bits per heavy atom. The standard InChI is InChI=1S/C28H34BrClN4O3/c1-16-10-22(30)14-19-2-3-20-13-21(29)15-32-27(20)26(25(16)19)18-5-7-33(8-6-18)23(35)11-17-4-9-34(28(31)37)24(36)12-17/h10,13-15,17-18,24,26,36H,2-9,11-12H2,1H3,(H2,31,37)/t17?,24?,26-/m1/s1. The zero-order valence-corrected chi connectivity index (χ0v) is 23.5. The molecule has 7 nitrogen and oxygen atoms in total. The number of primary amides is 1. The number of fused-ring (bicyclic) bond motifs is 2. The molecule has 1 aromatic carbocycles. The number of pyridine rings is 1. The van der Waals surface area contributed by atoms with E-state index < -0.39 is 12.3 Å². The molecule has 1 aliphatic carbocycles. The molecule has 37 heavy (non-hydrogen) atoms. The number of aromatic nitrogens is 1. The van der Waals surface area contributed by atoms with Gasteiger partial charge < -0.3 is 15.7 Å². The average molecular weight is 590 g/mol. The molecule has 3 atom stereocenters. The molecule has 2 fully saturated rings. The fraction of sp³-hybridized carbons (Fsp3) is 0.536. The van der Waals surface area contributed by atoms with Gasteiger partial charge in [0.25, 0.3) is 0 Å². The van der Waals surface area contributed by atoms with Gasteiger partial charge in [0.15, 0.2) is 0 Å². The first kappa shape index (κ1) is 26.4. The predicted molar refractivity (Wildman–Crippen MR) is 146 cm³/mol. The van der Waals surface area contributed by atoms with Crippen molar-refractivity contribution in [3.63, 3.8) is 0 Å². The number of amides is 3. The van der Waals surface area contributed by atoms with Crippen LogP contribution in [-0.2, 0) is 17.6 Å². The number of nitrogens with zero attached hydrogens (tertiary/aromatic N) is 3. The molecule has 3 heterocycles. The van der Waals surface area contributed by atoms with Crippen molar-refractivity contribution in [1.82, 2.24) is 14.8 Å². The lowest BCUT2D eigenvalue weighted by Gasteiger charge is -2.39. The number of benzene rings is 1. The van der Waals surface area contributed by atoms with Crippen molar-refractivity contribution in [1.29, 1.82) is 0 Å². The van der Waals surface area contributed by atoms with Crippen LogP contribution in [0.2, 0.25) is 5.02 Å². The van der Waals surface area contributed by atoms with E-state index in [1.807, 2.05) is 11.1 Å². The van der Waals surface area contributed by atoms with E-state index in [1.165, 1.54) is 27.2 Å². The molecule has 2 aromatic rings. The topological polar surface area (TPSA) is 99.8 Å². The fourth-order valence-corrected chi connectivity index (χ4v) is 7.30. The van der Waals surface area contributed by atoms with Gasteiger partial charge in [0.2, 0.25) is 5.91 Å². The second-order valence-corrected chi connectivity index (χ2v) is 12.1. The molecule has 2 unspecified atom stereocenters. The van der Waals surface area contributed by atoms with Crippen LogP contribution in [0.1, 0.15) is 66.0 Å². The summed E-state index contributed by atoms with van der Waals surface area (Å²) in [4.78, 5) is 32.8. The van der Waals surface area contributed by atoms with Gasteiger partial charge in [0, 0.05) is 47.7 Å². The molecule has 5 rings (SSSR count). The number of hydrogen-bond donors (Lipinski definition) is 2. The number of carbonyl (C=O) groups excluding carboxylic acids is 2. The third-order valence-corrected chi connectivity index (χ3v) is 9.12. The Labute approximate surface area is 231 Å². The number of halogens is 2. The van der Waals surface area contributed by atoms with Crippen molar-refractivity contribution in [3.8, 4) is 0 Å². The Hall–Kier alpha value is -2.16. The van der Waals surface area contributed by atoms with Crippen LogP contribution in [-0.4, -0.2) is 57.7 Å². The number of hydrogen-bond acceptors (Lipinski definition) is 4. The lowest BCUT2D eigenvalue weighted by Crippen LogP contribution is -2.49. The SMILES string of the molecule is Cc1cc(Cl)cc2c1[C@@H](C1CCN(C(=O)CC3CCN(C(N)=O)C(O)C3)CC1)c1ncc(Br)cc1CC2. The Morgan fingerprint density at radius 3 is 2.57 bits per heavy atom. The summed E-state index contributed by atoms with van der Waals surface area (Å²) in [6, 6.07) is 5.78. The second kappa shape index (κ2) is 10.9. The van der Waals surface area contributed by atoms with E-state index in [1.54, 1.807) is 0 Å². The van der Waals surface area contributed by atoms with Crippen LogP contribution in [0.4, 0.5) is 4.79 Å². The minimum Gasteiger partial charge on any atom is -0.373 e. The van der Waals surface area contributed by atoms with E-state index in [0.717, 1.165) is 54.0 Å². The summed E-state index contributed by atoms with van der Waals surface area (Å²) in [5.74, 6) is 0.763. The Bertz CT molecular complexity index is 1200. The molecule has 0 spiro atoms. The maximum absolute atomic E-state index is 13.2. The van der Waals surface area contributed by atoms with Gasteiger partial charge in [-0.2, -0.15) is 0 Å². The predicted octanol–water partition coefficient (Wildman–Crippen LogP) is 4.77. The van der Waals surface area contributed by atoms with Gasteiger partial charge in [-0.3, -0.25) is 14.7 Å². The summed E-state index contributed by atoms with van der Waals surface area (Å²) in [5, 5.41) is 11.0. The normalized spacial score (nSPS) is 24.3. The number of likely N-dealkylation sites (tertiary alicyclic amines) is 2. The monoisotopic (exact) mass is 588 g/mol. The summed E-state index contributed by atoms with van der Waals surface area (Å²) < 4.78 is 0.998. The van der Waals surface area contributed by atoms with Crippen molar-refractivity contribution in [2.45, 2.75) is 64.0 Å². The van der Waals surface area contributed by atoms with Crippen LogP contribution in [0.5, 0.6) is 0 Å². The first-order valence-electron chi connectivity index (χ1n) is 13.2. The van der Waals surface area contributed by atoms with Crippen LogP contribution in [0.15, 0.2) is 28.9 Å². The lowest BCUT2D eigenvalue weighted by molar-refractivity contribution is -0.134. The van der Waals surface area contributed by atoms with Crippen LogP contribution >= 0.6 is 27.5 Å². The van der Waals surface area contributed by atoms with Crippen molar-refractivity contribution in [2.24, 2.45) is 17.6 Å². The van der Waals surface area contributed by atoms with E-state index >= 15 is 0 Å².